The van der Waals surface area contributed by atoms with Gasteiger partial charge in [-0.15, -0.1) is 0 Å². The summed E-state index contributed by atoms with van der Waals surface area (Å²) >= 11 is 0. The monoisotopic (exact) mass is 241 g/mol. The summed E-state index contributed by atoms with van der Waals surface area (Å²) in [6.07, 6.45) is 4.66. The van der Waals surface area contributed by atoms with Crippen molar-refractivity contribution in [3.63, 3.8) is 0 Å². The maximum absolute atomic E-state index is 11.6. The first-order valence-corrected chi connectivity index (χ1v) is 5.80. The van der Waals surface area contributed by atoms with Crippen LogP contribution >= 0.6 is 0 Å². The maximum Gasteiger partial charge on any atom is 0.312 e. The van der Waals surface area contributed by atoms with E-state index in [-0.39, 0.29) is 30.4 Å². The van der Waals surface area contributed by atoms with Gasteiger partial charge in [0, 0.05) is 19.6 Å². The van der Waals surface area contributed by atoms with Gasteiger partial charge in [-0.3, -0.25) is 9.59 Å². The SMILES string of the molecule is CCC(=O)NC1C=CC(C(=O)OCCOC)C1. The van der Waals surface area contributed by atoms with Gasteiger partial charge in [-0.2, -0.15) is 0 Å². The highest BCUT2D eigenvalue weighted by Crippen LogP contribution is 2.19. The molecule has 0 aromatic carbocycles. The highest BCUT2D eigenvalue weighted by atomic mass is 16.6. The minimum absolute atomic E-state index is 0.00643. The zero-order chi connectivity index (χ0) is 12.7. The van der Waals surface area contributed by atoms with E-state index in [4.69, 9.17) is 9.47 Å². The molecule has 0 spiro atoms. The van der Waals surface area contributed by atoms with E-state index in [1.165, 1.54) is 0 Å². The lowest BCUT2D eigenvalue weighted by Gasteiger charge is -2.12. The maximum atomic E-state index is 11.6. The van der Waals surface area contributed by atoms with Crippen LogP contribution in [0.3, 0.4) is 0 Å². The molecule has 0 aromatic heterocycles. The van der Waals surface area contributed by atoms with Crippen molar-refractivity contribution in [3.05, 3.63) is 12.2 Å². The molecule has 1 amide bonds. The van der Waals surface area contributed by atoms with Crippen molar-refractivity contribution in [2.24, 2.45) is 5.92 Å². The van der Waals surface area contributed by atoms with Crippen molar-refractivity contribution >= 4 is 11.9 Å². The largest absolute Gasteiger partial charge is 0.463 e. The molecule has 0 fully saturated rings. The average molecular weight is 241 g/mol. The van der Waals surface area contributed by atoms with Crippen LogP contribution in [0.4, 0.5) is 0 Å². The summed E-state index contributed by atoms with van der Waals surface area (Å²) in [6, 6.07) is -0.0533. The molecule has 1 rings (SSSR count). The van der Waals surface area contributed by atoms with E-state index in [0.29, 0.717) is 19.4 Å². The average Bonchev–Trinajstić information content (AvgIpc) is 2.77. The molecule has 1 N–H and O–H groups in total. The molecule has 1 aliphatic carbocycles. The summed E-state index contributed by atoms with van der Waals surface area (Å²) < 4.78 is 9.81. The van der Waals surface area contributed by atoms with Gasteiger partial charge in [-0.05, 0) is 6.42 Å². The number of ether oxygens (including phenoxy) is 2. The first-order chi connectivity index (χ1) is 8.17. The molecule has 0 bridgehead atoms. The molecule has 0 heterocycles. The summed E-state index contributed by atoms with van der Waals surface area (Å²) in [5, 5.41) is 2.82. The molecule has 2 unspecified atom stereocenters. The minimum atomic E-state index is -0.258. The molecular formula is C12H19NO4. The third-order valence-electron chi connectivity index (χ3n) is 2.59. The van der Waals surface area contributed by atoms with Crippen LogP contribution in [-0.4, -0.2) is 38.2 Å². The number of amides is 1. The number of hydrogen-bond acceptors (Lipinski definition) is 4. The van der Waals surface area contributed by atoms with Gasteiger partial charge in [0.1, 0.15) is 6.61 Å². The second kappa shape index (κ2) is 7.06. The molecule has 96 valence electrons. The molecule has 17 heavy (non-hydrogen) atoms. The number of methoxy groups -OCH3 is 1. The number of hydrogen-bond donors (Lipinski definition) is 1. The third-order valence-corrected chi connectivity index (χ3v) is 2.59. The molecule has 5 heteroatoms. The summed E-state index contributed by atoms with van der Waals surface area (Å²) in [4.78, 5) is 22.8. The van der Waals surface area contributed by atoms with Gasteiger partial charge in [0.15, 0.2) is 0 Å². The Bertz CT molecular complexity index is 301. The zero-order valence-electron chi connectivity index (χ0n) is 10.3. The lowest BCUT2D eigenvalue weighted by atomic mass is 10.1. The first kappa shape index (κ1) is 13.7. The standard InChI is InChI=1S/C12H19NO4/c1-3-11(14)13-10-5-4-9(8-10)12(15)17-7-6-16-2/h4-5,9-10H,3,6-8H2,1-2H3,(H,13,14). The Kier molecular flexibility index (Phi) is 5.69. The number of rotatable bonds is 6. The Hall–Kier alpha value is -1.36. The van der Waals surface area contributed by atoms with Gasteiger partial charge < -0.3 is 14.8 Å². The quantitative estimate of drug-likeness (QED) is 0.421. The van der Waals surface area contributed by atoms with Crippen LogP contribution in [0.5, 0.6) is 0 Å². The summed E-state index contributed by atoms with van der Waals surface area (Å²) in [5.41, 5.74) is 0. The molecule has 0 saturated heterocycles. The van der Waals surface area contributed by atoms with Gasteiger partial charge in [0.25, 0.3) is 0 Å². The van der Waals surface area contributed by atoms with Gasteiger partial charge in [0.05, 0.1) is 12.5 Å². The van der Waals surface area contributed by atoms with Crippen molar-refractivity contribution in [1.29, 1.82) is 0 Å². The van der Waals surface area contributed by atoms with E-state index in [1.807, 2.05) is 6.08 Å². The number of nitrogens with one attached hydrogen (secondary N) is 1. The van der Waals surface area contributed by atoms with Gasteiger partial charge in [-0.25, -0.2) is 0 Å². The first-order valence-electron chi connectivity index (χ1n) is 5.80. The van der Waals surface area contributed by atoms with Crippen molar-refractivity contribution in [2.75, 3.05) is 20.3 Å². The van der Waals surface area contributed by atoms with Crippen molar-refractivity contribution < 1.29 is 19.1 Å². The second-order valence-corrected chi connectivity index (χ2v) is 3.91. The van der Waals surface area contributed by atoms with E-state index >= 15 is 0 Å². The molecule has 0 aromatic rings. The van der Waals surface area contributed by atoms with Crippen LogP contribution in [0.25, 0.3) is 0 Å². The van der Waals surface area contributed by atoms with Crippen molar-refractivity contribution in [2.45, 2.75) is 25.8 Å². The van der Waals surface area contributed by atoms with Gasteiger partial charge >= 0.3 is 5.97 Å². The minimum Gasteiger partial charge on any atom is -0.463 e. The Morgan fingerprint density at radius 2 is 2.12 bits per heavy atom. The Balaban J connectivity index is 2.28. The van der Waals surface area contributed by atoms with Crippen molar-refractivity contribution in [3.8, 4) is 0 Å². The van der Waals surface area contributed by atoms with Crippen LogP contribution in [0.2, 0.25) is 0 Å². The predicted molar refractivity (Wildman–Crippen MR) is 62.3 cm³/mol. The number of carbonyl (C=O) groups excluding carboxylic acids is 2. The van der Waals surface area contributed by atoms with Crippen LogP contribution < -0.4 is 5.32 Å². The summed E-state index contributed by atoms with van der Waals surface area (Å²) in [5.74, 6) is -0.520. The third kappa shape index (κ3) is 4.56. The van der Waals surface area contributed by atoms with Crippen LogP contribution in [0.15, 0.2) is 12.2 Å². The van der Waals surface area contributed by atoms with Crippen LogP contribution in [0, 0.1) is 5.92 Å². The zero-order valence-corrected chi connectivity index (χ0v) is 10.3. The lowest BCUT2D eigenvalue weighted by molar-refractivity contribution is -0.148. The van der Waals surface area contributed by atoms with E-state index in [9.17, 15) is 9.59 Å². The van der Waals surface area contributed by atoms with E-state index in [0.717, 1.165) is 0 Å². The number of carbonyl (C=O) groups is 2. The lowest BCUT2D eigenvalue weighted by Crippen LogP contribution is -2.32. The summed E-state index contributed by atoms with van der Waals surface area (Å²) in [6.45, 7) is 2.47. The van der Waals surface area contributed by atoms with E-state index in [1.54, 1.807) is 20.1 Å². The highest BCUT2D eigenvalue weighted by Gasteiger charge is 2.26. The smallest absolute Gasteiger partial charge is 0.312 e. The number of esters is 1. The molecular weight excluding hydrogens is 222 g/mol. The second-order valence-electron chi connectivity index (χ2n) is 3.91. The molecule has 5 nitrogen and oxygen atoms in total. The molecule has 0 radical (unpaired) electrons. The highest BCUT2D eigenvalue weighted by molar-refractivity contribution is 5.78. The fourth-order valence-corrected chi connectivity index (χ4v) is 1.62. The molecule has 0 aliphatic heterocycles. The van der Waals surface area contributed by atoms with E-state index in [2.05, 4.69) is 5.32 Å². The summed E-state index contributed by atoms with van der Waals surface area (Å²) in [7, 11) is 1.56. The van der Waals surface area contributed by atoms with Gasteiger partial charge in [0.2, 0.25) is 5.91 Å². The van der Waals surface area contributed by atoms with Gasteiger partial charge in [-0.1, -0.05) is 19.1 Å². The Morgan fingerprint density at radius 3 is 2.76 bits per heavy atom. The Labute approximate surface area is 101 Å². The predicted octanol–water partition coefficient (Wildman–Crippen LogP) is 0.647. The molecule has 2 atom stereocenters. The topological polar surface area (TPSA) is 64.6 Å². The van der Waals surface area contributed by atoms with Crippen LogP contribution in [-0.2, 0) is 19.1 Å². The molecule has 0 saturated carbocycles. The fraction of sp³-hybridized carbons (Fsp3) is 0.667. The normalized spacial score (nSPS) is 22.5. The van der Waals surface area contributed by atoms with Crippen molar-refractivity contribution in [1.82, 2.24) is 5.32 Å². The Morgan fingerprint density at radius 1 is 1.35 bits per heavy atom. The molecule has 1 aliphatic rings. The fourth-order valence-electron chi connectivity index (χ4n) is 1.62. The van der Waals surface area contributed by atoms with Crippen LogP contribution in [0.1, 0.15) is 19.8 Å². The van der Waals surface area contributed by atoms with E-state index < -0.39 is 0 Å².